The Balaban J connectivity index is 0.00000392. The molecular weight excluding hydrogens is 489 g/mol. The van der Waals surface area contributed by atoms with Crippen LogP contribution in [0, 0.1) is 12.8 Å². The van der Waals surface area contributed by atoms with Crippen LogP contribution in [0.3, 0.4) is 0 Å². The molecule has 1 aliphatic heterocycles. The molecule has 0 aliphatic carbocycles. The smallest absolute Gasteiger partial charge is 0.350 e. The third-order valence-corrected chi connectivity index (χ3v) is 5.99. The standard InChI is InChI=1S/C19H33N5O2S.HI/c1-6-20-19(21-11-15-9-10-24(7-2)12-15)23-14(5)17-22-13(4)16(27-17)18(25)26-8-3;/h14-15H,6-12H2,1-5H3,(H2,20,21,23);1H. The maximum Gasteiger partial charge on any atom is 0.350 e. The molecular formula is C19H34IN5O2S. The topological polar surface area (TPSA) is 78.9 Å². The van der Waals surface area contributed by atoms with E-state index in [-0.39, 0.29) is 36.0 Å². The second-order valence-electron chi connectivity index (χ2n) is 6.82. The molecule has 0 aromatic carbocycles. The molecule has 2 atom stereocenters. The molecule has 1 aromatic rings. The van der Waals surface area contributed by atoms with Crippen LogP contribution >= 0.6 is 35.3 Å². The van der Waals surface area contributed by atoms with E-state index in [9.17, 15) is 4.79 Å². The first-order valence-corrected chi connectivity index (χ1v) is 10.7. The van der Waals surface area contributed by atoms with Crippen molar-refractivity contribution >= 4 is 47.2 Å². The minimum Gasteiger partial charge on any atom is -0.462 e. The van der Waals surface area contributed by atoms with E-state index >= 15 is 0 Å². The van der Waals surface area contributed by atoms with E-state index in [2.05, 4.69) is 34.4 Å². The van der Waals surface area contributed by atoms with Gasteiger partial charge in [0.1, 0.15) is 9.88 Å². The van der Waals surface area contributed by atoms with Gasteiger partial charge in [-0.05, 0) is 53.1 Å². The number of likely N-dealkylation sites (tertiary alicyclic amines) is 1. The molecule has 1 saturated heterocycles. The predicted octanol–water partition coefficient (Wildman–Crippen LogP) is 3.20. The van der Waals surface area contributed by atoms with Gasteiger partial charge in [0.25, 0.3) is 0 Å². The zero-order valence-corrected chi connectivity index (χ0v) is 20.7. The number of hydrogen-bond donors (Lipinski definition) is 2. The minimum atomic E-state index is -0.298. The van der Waals surface area contributed by atoms with Crippen molar-refractivity contribution < 1.29 is 9.53 Å². The van der Waals surface area contributed by atoms with Gasteiger partial charge in [-0.3, -0.25) is 4.99 Å². The minimum absolute atomic E-state index is 0. The molecule has 0 saturated carbocycles. The lowest BCUT2D eigenvalue weighted by molar-refractivity contribution is 0.0531. The Bertz CT molecular complexity index is 652. The molecule has 1 aliphatic rings. The summed E-state index contributed by atoms with van der Waals surface area (Å²) in [4.78, 5) is 24.4. The molecule has 0 amide bonds. The molecule has 9 heteroatoms. The van der Waals surface area contributed by atoms with Crippen LogP contribution in [0.1, 0.15) is 60.5 Å². The van der Waals surface area contributed by atoms with Gasteiger partial charge < -0.3 is 20.3 Å². The van der Waals surface area contributed by atoms with E-state index in [1.165, 1.54) is 24.3 Å². The van der Waals surface area contributed by atoms with Crippen LogP contribution in [0.2, 0.25) is 0 Å². The summed E-state index contributed by atoms with van der Waals surface area (Å²) >= 11 is 1.38. The van der Waals surface area contributed by atoms with Gasteiger partial charge in [-0.1, -0.05) is 6.92 Å². The van der Waals surface area contributed by atoms with Gasteiger partial charge in [0.15, 0.2) is 5.96 Å². The zero-order chi connectivity index (χ0) is 19.8. The van der Waals surface area contributed by atoms with Gasteiger partial charge >= 0.3 is 5.97 Å². The third kappa shape index (κ3) is 7.14. The molecule has 28 heavy (non-hydrogen) atoms. The highest BCUT2D eigenvalue weighted by molar-refractivity contribution is 14.0. The van der Waals surface area contributed by atoms with Crippen LogP contribution < -0.4 is 10.6 Å². The van der Waals surface area contributed by atoms with Gasteiger partial charge in [0, 0.05) is 19.6 Å². The van der Waals surface area contributed by atoms with Crippen molar-refractivity contribution in [3.8, 4) is 0 Å². The normalized spacial score (nSPS) is 18.5. The van der Waals surface area contributed by atoms with Crippen molar-refractivity contribution in [2.75, 3.05) is 39.3 Å². The molecule has 0 radical (unpaired) electrons. The first-order chi connectivity index (χ1) is 13.0. The Hall–Kier alpha value is -0.940. The molecule has 0 bridgehead atoms. The van der Waals surface area contributed by atoms with Crippen molar-refractivity contribution in [1.29, 1.82) is 0 Å². The number of hydrogen-bond acceptors (Lipinski definition) is 6. The van der Waals surface area contributed by atoms with E-state index < -0.39 is 0 Å². The molecule has 1 aromatic heterocycles. The van der Waals surface area contributed by atoms with Crippen LogP contribution in [0.25, 0.3) is 0 Å². The average Bonchev–Trinajstić information content (AvgIpc) is 3.26. The van der Waals surface area contributed by atoms with Gasteiger partial charge in [-0.25, -0.2) is 9.78 Å². The Labute approximate surface area is 189 Å². The Kier molecular flexibility index (Phi) is 11.3. The number of ether oxygens (including phenoxy) is 1. The monoisotopic (exact) mass is 523 g/mol. The van der Waals surface area contributed by atoms with Crippen molar-refractivity contribution in [1.82, 2.24) is 20.5 Å². The van der Waals surface area contributed by atoms with E-state index in [4.69, 9.17) is 9.73 Å². The number of halogens is 1. The van der Waals surface area contributed by atoms with Crippen molar-refractivity contribution in [3.63, 3.8) is 0 Å². The number of nitrogens with zero attached hydrogens (tertiary/aromatic N) is 3. The number of aryl methyl sites for hydroxylation is 1. The fourth-order valence-corrected chi connectivity index (χ4v) is 4.11. The molecule has 7 nitrogen and oxygen atoms in total. The molecule has 2 unspecified atom stereocenters. The second-order valence-corrected chi connectivity index (χ2v) is 7.85. The molecule has 2 N–H and O–H groups in total. The highest BCUT2D eigenvalue weighted by Crippen LogP contribution is 2.24. The number of carbonyl (C=O) groups is 1. The summed E-state index contributed by atoms with van der Waals surface area (Å²) < 4.78 is 5.11. The predicted molar refractivity (Wildman–Crippen MR) is 126 cm³/mol. The fourth-order valence-electron chi connectivity index (χ4n) is 3.14. The number of esters is 1. The first kappa shape index (κ1) is 25.1. The summed E-state index contributed by atoms with van der Waals surface area (Å²) in [5.41, 5.74) is 0.717. The lowest BCUT2D eigenvalue weighted by Crippen LogP contribution is -2.39. The zero-order valence-electron chi connectivity index (χ0n) is 17.6. The highest BCUT2D eigenvalue weighted by Gasteiger charge is 2.22. The molecule has 160 valence electrons. The first-order valence-electron chi connectivity index (χ1n) is 9.90. The summed E-state index contributed by atoms with van der Waals surface area (Å²) in [6.45, 7) is 15.4. The van der Waals surface area contributed by atoms with Crippen molar-refractivity contribution in [3.05, 3.63) is 15.6 Å². The van der Waals surface area contributed by atoms with Gasteiger partial charge in [0.2, 0.25) is 0 Å². The lowest BCUT2D eigenvalue weighted by Gasteiger charge is -2.17. The van der Waals surface area contributed by atoms with Crippen LogP contribution in [0.15, 0.2) is 4.99 Å². The number of nitrogens with one attached hydrogen (secondary N) is 2. The summed E-state index contributed by atoms with van der Waals surface area (Å²) in [5.74, 6) is 1.12. The van der Waals surface area contributed by atoms with Crippen molar-refractivity contribution in [2.45, 2.75) is 47.1 Å². The van der Waals surface area contributed by atoms with E-state index in [1.54, 1.807) is 0 Å². The molecule has 2 rings (SSSR count). The average molecular weight is 523 g/mol. The summed E-state index contributed by atoms with van der Waals surface area (Å²) in [6, 6.07) is -0.0367. The van der Waals surface area contributed by atoms with E-state index in [1.807, 2.05) is 20.8 Å². The number of carbonyl (C=O) groups excluding carboxylic acids is 1. The Morgan fingerprint density at radius 2 is 2.18 bits per heavy atom. The number of rotatable bonds is 8. The highest BCUT2D eigenvalue weighted by atomic mass is 127. The number of aromatic nitrogens is 1. The van der Waals surface area contributed by atoms with Crippen molar-refractivity contribution in [2.24, 2.45) is 10.9 Å². The fraction of sp³-hybridized carbons (Fsp3) is 0.737. The van der Waals surface area contributed by atoms with E-state index in [0.717, 1.165) is 42.8 Å². The largest absolute Gasteiger partial charge is 0.462 e. The molecule has 1 fully saturated rings. The number of thiazole rings is 1. The van der Waals surface area contributed by atoms with Gasteiger partial charge in [0.05, 0.1) is 18.3 Å². The summed E-state index contributed by atoms with van der Waals surface area (Å²) in [7, 11) is 0. The maximum atomic E-state index is 12.0. The maximum absolute atomic E-state index is 12.0. The summed E-state index contributed by atoms with van der Waals surface area (Å²) in [5, 5.41) is 7.58. The second kappa shape index (κ2) is 12.6. The Morgan fingerprint density at radius 3 is 2.79 bits per heavy atom. The van der Waals surface area contributed by atoms with E-state index in [0.29, 0.717) is 17.4 Å². The molecule has 2 heterocycles. The summed E-state index contributed by atoms with van der Waals surface area (Å²) in [6.07, 6.45) is 1.21. The number of guanidine groups is 1. The van der Waals surface area contributed by atoms with Crippen LogP contribution in [-0.4, -0.2) is 61.1 Å². The quantitative estimate of drug-likeness (QED) is 0.236. The third-order valence-electron chi connectivity index (χ3n) is 4.67. The van der Waals surface area contributed by atoms with Crippen LogP contribution in [0.5, 0.6) is 0 Å². The van der Waals surface area contributed by atoms with Crippen LogP contribution in [-0.2, 0) is 4.74 Å². The van der Waals surface area contributed by atoms with Gasteiger partial charge in [-0.15, -0.1) is 35.3 Å². The van der Waals surface area contributed by atoms with Crippen LogP contribution in [0.4, 0.5) is 0 Å². The Morgan fingerprint density at radius 1 is 1.43 bits per heavy atom. The molecule has 0 spiro atoms. The SMILES string of the molecule is CCNC(=NCC1CCN(CC)C1)NC(C)c1nc(C)c(C(=O)OCC)s1.I. The van der Waals surface area contributed by atoms with Gasteiger partial charge in [-0.2, -0.15) is 0 Å². The number of aliphatic imine (C=N–C) groups is 1. The lowest BCUT2D eigenvalue weighted by atomic mass is 10.1.